The second kappa shape index (κ2) is 10.3. The van der Waals surface area contributed by atoms with Crippen LogP contribution in [-0.4, -0.2) is 49.7 Å². The topological polar surface area (TPSA) is 98.6 Å². The summed E-state index contributed by atoms with van der Waals surface area (Å²) in [5.74, 6) is -1.50. The van der Waals surface area contributed by atoms with Crippen LogP contribution in [0.15, 0.2) is 39.4 Å². The van der Waals surface area contributed by atoms with Crippen molar-refractivity contribution in [3.05, 3.63) is 46.1 Å². The molecule has 0 spiro atoms. The summed E-state index contributed by atoms with van der Waals surface area (Å²) in [5, 5.41) is 10.4. The van der Waals surface area contributed by atoms with Gasteiger partial charge in [-0.15, -0.1) is 5.10 Å². The van der Waals surface area contributed by atoms with Crippen molar-refractivity contribution < 1.29 is 28.2 Å². The summed E-state index contributed by atoms with van der Waals surface area (Å²) in [5.41, 5.74) is 0.956. The molecule has 0 saturated carbocycles. The highest BCUT2D eigenvalue weighted by molar-refractivity contribution is 8.18. The Morgan fingerprint density at radius 2 is 2.34 bits per heavy atom. The van der Waals surface area contributed by atoms with Crippen LogP contribution in [0.2, 0.25) is 0 Å². The molecule has 1 aromatic rings. The lowest BCUT2D eigenvalue weighted by Crippen LogP contribution is -2.19. The number of hydrogen-bond acceptors (Lipinski definition) is 8. The summed E-state index contributed by atoms with van der Waals surface area (Å²) < 4.78 is 29.7. The van der Waals surface area contributed by atoms with Gasteiger partial charge < -0.3 is 14.2 Å². The molecule has 2 aliphatic rings. The molecule has 1 amide bonds. The Hall–Kier alpha value is -2.56. The molecule has 2 aliphatic heterocycles. The smallest absolute Gasteiger partial charge is 0.331 e. The summed E-state index contributed by atoms with van der Waals surface area (Å²) >= 11 is 0.958. The average Bonchev–Trinajstić information content (AvgIpc) is 3.33. The van der Waals surface area contributed by atoms with Crippen molar-refractivity contribution in [1.82, 2.24) is 5.32 Å². The standard InChI is InChI=1S/C19H20FN3O5S/c1-26-17(24)8-16-18(25)22-19(29-16)23-21-9-12-4-5-13(15(20)7-12)10-27-11-14-3-2-6-28-14/h4-5,7-9,14H,2-3,6,10-11H2,1H3,(H,22,23,25)/b16-8+,21-9?. The SMILES string of the molecule is COC(=O)/C=C1/S/C(=N\N=Cc2ccc(COCC3CCCO3)c(F)c2)NC1=O. The fourth-order valence-corrected chi connectivity index (χ4v) is 3.37. The van der Waals surface area contributed by atoms with Crippen molar-refractivity contribution in [2.75, 3.05) is 20.3 Å². The zero-order valence-electron chi connectivity index (χ0n) is 15.7. The van der Waals surface area contributed by atoms with Crippen LogP contribution in [0.5, 0.6) is 0 Å². The molecule has 8 nitrogen and oxygen atoms in total. The number of esters is 1. The third-order valence-corrected chi connectivity index (χ3v) is 5.02. The lowest BCUT2D eigenvalue weighted by molar-refractivity contribution is -0.135. The Morgan fingerprint density at radius 3 is 3.07 bits per heavy atom. The van der Waals surface area contributed by atoms with Crippen molar-refractivity contribution in [3.63, 3.8) is 0 Å². The van der Waals surface area contributed by atoms with Gasteiger partial charge in [0.15, 0.2) is 5.17 Å². The predicted octanol–water partition coefficient (Wildman–Crippen LogP) is 2.13. The van der Waals surface area contributed by atoms with Crippen LogP contribution >= 0.6 is 11.8 Å². The summed E-state index contributed by atoms with van der Waals surface area (Å²) in [6.45, 7) is 1.38. The molecule has 2 saturated heterocycles. The van der Waals surface area contributed by atoms with E-state index in [-0.39, 0.29) is 22.8 Å². The Kier molecular flexibility index (Phi) is 7.50. The second-order valence-electron chi connectivity index (χ2n) is 6.24. The van der Waals surface area contributed by atoms with Crippen LogP contribution in [-0.2, 0) is 30.4 Å². The number of ether oxygens (including phenoxy) is 3. The molecule has 0 aliphatic carbocycles. The Bertz CT molecular complexity index is 865. The number of rotatable bonds is 7. The lowest BCUT2D eigenvalue weighted by atomic mass is 10.1. The maximum Gasteiger partial charge on any atom is 0.331 e. The first-order valence-corrected chi connectivity index (χ1v) is 9.74. The van der Waals surface area contributed by atoms with Gasteiger partial charge in [0.25, 0.3) is 5.91 Å². The molecule has 1 aromatic carbocycles. The highest BCUT2D eigenvalue weighted by atomic mass is 32.2. The van der Waals surface area contributed by atoms with E-state index in [9.17, 15) is 14.0 Å². The molecule has 29 heavy (non-hydrogen) atoms. The number of hydrogen-bond donors (Lipinski definition) is 1. The first kappa shape index (κ1) is 21.2. The summed E-state index contributed by atoms with van der Waals surface area (Å²) in [4.78, 5) is 23.1. The van der Waals surface area contributed by atoms with Gasteiger partial charge in [-0.2, -0.15) is 5.10 Å². The van der Waals surface area contributed by atoms with Gasteiger partial charge in [-0.3, -0.25) is 10.1 Å². The number of nitrogens with zero attached hydrogens (tertiary/aromatic N) is 2. The van der Waals surface area contributed by atoms with Crippen LogP contribution in [0.4, 0.5) is 4.39 Å². The second-order valence-corrected chi connectivity index (χ2v) is 7.27. The Balaban J connectivity index is 1.53. The summed E-state index contributed by atoms with van der Waals surface area (Å²) in [7, 11) is 1.22. The Labute approximate surface area is 171 Å². The number of carbonyl (C=O) groups is 2. The number of carbonyl (C=O) groups excluding carboxylic acids is 2. The molecular formula is C19H20FN3O5S. The van der Waals surface area contributed by atoms with Crippen molar-refractivity contribution in [2.24, 2.45) is 10.2 Å². The van der Waals surface area contributed by atoms with E-state index in [0.29, 0.717) is 17.7 Å². The van der Waals surface area contributed by atoms with Crippen LogP contribution in [0.25, 0.3) is 0 Å². The van der Waals surface area contributed by atoms with Gasteiger partial charge in [0, 0.05) is 18.2 Å². The van der Waals surface area contributed by atoms with E-state index in [2.05, 4.69) is 20.3 Å². The van der Waals surface area contributed by atoms with Crippen molar-refractivity contribution in [1.29, 1.82) is 0 Å². The molecule has 154 valence electrons. The van der Waals surface area contributed by atoms with Gasteiger partial charge in [0.05, 0.1) is 37.5 Å². The fraction of sp³-hybridized carbons (Fsp3) is 0.368. The normalized spacial score (nSPS) is 22.0. The number of amidine groups is 1. The average molecular weight is 421 g/mol. The zero-order chi connectivity index (χ0) is 20.6. The van der Waals surface area contributed by atoms with Gasteiger partial charge >= 0.3 is 5.97 Å². The number of halogens is 1. The number of amides is 1. The molecule has 0 aromatic heterocycles. The molecule has 0 bridgehead atoms. The highest BCUT2D eigenvalue weighted by Gasteiger charge is 2.25. The van der Waals surface area contributed by atoms with Crippen LogP contribution in [0.3, 0.4) is 0 Å². The molecule has 10 heteroatoms. The van der Waals surface area contributed by atoms with E-state index >= 15 is 0 Å². The van der Waals surface area contributed by atoms with E-state index in [1.807, 2.05) is 0 Å². The molecule has 2 heterocycles. The van der Waals surface area contributed by atoms with Gasteiger partial charge in [-0.1, -0.05) is 12.1 Å². The van der Waals surface area contributed by atoms with E-state index in [1.165, 1.54) is 19.4 Å². The van der Waals surface area contributed by atoms with E-state index in [0.717, 1.165) is 37.3 Å². The molecule has 2 fully saturated rings. The minimum absolute atomic E-state index is 0.0977. The molecule has 0 radical (unpaired) electrons. The quantitative estimate of drug-likeness (QED) is 0.313. The summed E-state index contributed by atoms with van der Waals surface area (Å²) in [6.07, 6.45) is 4.54. The number of thioether (sulfide) groups is 1. The van der Waals surface area contributed by atoms with Crippen molar-refractivity contribution >= 4 is 35.0 Å². The molecule has 1 N–H and O–H groups in total. The lowest BCUT2D eigenvalue weighted by Gasteiger charge is -2.10. The minimum atomic E-state index is -0.636. The Morgan fingerprint density at radius 1 is 1.48 bits per heavy atom. The molecule has 3 rings (SSSR count). The van der Waals surface area contributed by atoms with Crippen molar-refractivity contribution in [3.8, 4) is 0 Å². The van der Waals surface area contributed by atoms with Gasteiger partial charge in [-0.25, -0.2) is 9.18 Å². The third-order valence-electron chi connectivity index (χ3n) is 4.12. The number of methoxy groups -OCH3 is 1. The minimum Gasteiger partial charge on any atom is -0.466 e. The first-order chi connectivity index (χ1) is 14.0. The largest absolute Gasteiger partial charge is 0.466 e. The van der Waals surface area contributed by atoms with E-state index in [1.54, 1.807) is 12.1 Å². The van der Waals surface area contributed by atoms with Crippen LogP contribution in [0.1, 0.15) is 24.0 Å². The fourth-order valence-electron chi connectivity index (χ4n) is 2.63. The number of benzene rings is 1. The maximum atomic E-state index is 14.2. The summed E-state index contributed by atoms with van der Waals surface area (Å²) in [6, 6.07) is 4.65. The van der Waals surface area contributed by atoms with Crippen molar-refractivity contribution in [2.45, 2.75) is 25.6 Å². The monoisotopic (exact) mass is 421 g/mol. The van der Waals surface area contributed by atoms with E-state index in [4.69, 9.17) is 9.47 Å². The van der Waals surface area contributed by atoms with Gasteiger partial charge in [0.2, 0.25) is 0 Å². The maximum absolute atomic E-state index is 14.2. The van der Waals surface area contributed by atoms with Gasteiger partial charge in [-0.05, 0) is 36.2 Å². The zero-order valence-corrected chi connectivity index (χ0v) is 16.5. The molecule has 1 unspecified atom stereocenters. The van der Waals surface area contributed by atoms with Crippen LogP contribution < -0.4 is 5.32 Å². The third kappa shape index (κ3) is 6.21. The van der Waals surface area contributed by atoms with E-state index < -0.39 is 17.7 Å². The highest BCUT2D eigenvalue weighted by Crippen LogP contribution is 2.23. The molecular weight excluding hydrogens is 401 g/mol. The number of nitrogens with one attached hydrogen (secondary N) is 1. The predicted molar refractivity (Wildman–Crippen MR) is 106 cm³/mol. The van der Waals surface area contributed by atoms with Gasteiger partial charge in [0.1, 0.15) is 5.82 Å². The van der Waals surface area contributed by atoms with Crippen LogP contribution in [0, 0.1) is 5.82 Å². The first-order valence-electron chi connectivity index (χ1n) is 8.93. The molecule has 1 atom stereocenters.